The zero-order valence-electron chi connectivity index (χ0n) is 11.1. The molecule has 0 saturated carbocycles. The fourth-order valence-corrected chi connectivity index (χ4v) is 2.43. The predicted octanol–water partition coefficient (Wildman–Crippen LogP) is 3.72. The maximum Gasteiger partial charge on any atom is 0.195 e. The second-order valence-electron chi connectivity index (χ2n) is 4.87. The first-order valence-electron chi connectivity index (χ1n) is 6.32. The normalized spacial score (nSPS) is 10.8. The SMILES string of the molecule is Cc1ccc2c(c1)c(C(=O)c1ccccc1)cn2C. The van der Waals surface area contributed by atoms with Crippen LogP contribution >= 0.6 is 0 Å². The lowest BCUT2D eigenvalue weighted by molar-refractivity contribution is 0.104. The standard InChI is InChI=1S/C17H15NO/c1-12-8-9-16-14(10-12)15(11-18(16)2)17(19)13-6-4-3-5-7-13/h3-11H,1-2H3. The number of fused-ring (bicyclic) bond motifs is 1. The van der Waals surface area contributed by atoms with Crippen LogP contribution < -0.4 is 0 Å². The van der Waals surface area contributed by atoms with Crippen LogP contribution in [0.5, 0.6) is 0 Å². The van der Waals surface area contributed by atoms with Crippen molar-refractivity contribution in [2.45, 2.75) is 6.92 Å². The van der Waals surface area contributed by atoms with Gasteiger partial charge in [0, 0.05) is 35.3 Å². The van der Waals surface area contributed by atoms with Gasteiger partial charge in [0.05, 0.1) is 0 Å². The van der Waals surface area contributed by atoms with Crippen LogP contribution in [-0.2, 0) is 7.05 Å². The third-order valence-corrected chi connectivity index (χ3v) is 3.43. The van der Waals surface area contributed by atoms with Gasteiger partial charge in [0.25, 0.3) is 0 Å². The van der Waals surface area contributed by atoms with Crippen molar-refractivity contribution < 1.29 is 4.79 Å². The second kappa shape index (κ2) is 4.39. The Morgan fingerprint density at radius 1 is 1.05 bits per heavy atom. The number of aryl methyl sites for hydroxylation is 2. The number of rotatable bonds is 2. The van der Waals surface area contributed by atoms with Crippen molar-refractivity contribution in [2.75, 3.05) is 0 Å². The molecule has 2 aromatic carbocycles. The average molecular weight is 249 g/mol. The van der Waals surface area contributed by atoms with Crippen LogP contribution in [0, 0.1) is 6.92 Å². The zero-order chi connectivity index (χ0) is 13.4. The molecule has 0 aliphatic heterocycles. The first-order chi connectivity index (χ1) is 9.16. The monoisotopic (exact) mass is 249 g/mol. The van der Waals surface area contributed by atoms with Crippen molar-refractivity contribution in [3.8, 4) is 0 Å². The van der Waals surface area contributed by atoms with Gasteiger partial charge in [0.2, 0.25) is 0 Å². The zero-order valence-corrected chi connectivity index (χ0v) is 11.1. The largest absolute Gasteiger partial charge is 0.350 e. The number of carbonyl (C=O) groups excluding carboxylic acids is 1. The van der Waals surface area contributed by atoms with Crippen molar-refractivity contribution in [1.82, 2.24) is 4.57 Å². The molecule has 0 aliphatic rings. The molecule has 0 saturated heterocycles. The van der Waals surface area contributed by atoms with Gasteiger partial charge >= 0.3 is 0 Å². The van der Waals surface area contributed by atoms with Gasteiger partial charge in [-0.3, -0.25) is 4.79 Å². The smallest absolute Gasteiger partial charge is 0.195 e. The van der Waals surface area contributed by atoms with E-state index in [-0.39, 0.29) is 5.78 Å². The van der Waals surface area contributed by atoms with Crippen molar-refractivity contribution >= 4 is 16.7 Å². The Kier molecular flexibility index (Phi) is 2.71. The molecule has 0 amide bonds. The Balaban J connectivity index is 2.21. The molecule has 0 unspecified atom stereocenters. The molecule has 0 atom stereocenters. The van der Waals surface area contributed by atoms with E-state index in [0.717, 1.165) is 22.0 Å². The number of carbonyl (C=O) groups is 1. The summed E-state index contributed by atoms with van der Waals surface area (Å²) in [6, 6.07) is 15.6. The van der Waals surface area contributed by atoms with Crippen LogP contribution in [-0.4, -0.2) is 10.4 Å². The fraction of sp³-hybridized carbons (Fsp3) is 0.118. The molecule has 0 bridgehead atoms. The maximum atomic E-state index is 12.6. The molecule has 2 heteroatoms. The summed E-state index contributed by atoms with van der Waals surface area (Å²) in [4.78, 5) is 12.6. The van der Waals surface area contributed by atoms with E-state index < -0.39 is 0 Å². The van der Waals surface area contributed by atoms with Gasteiger partial charge in [-0.1, -0.05) is 42.0 Å². The van der Waals surface area contributed by atoms with Crippen LogP contribution in [0.4, 0.5) is 0 Å². The van der Waals surface area contributed by atoms with E-state index in [1.54, 1.807) is 0 Å². The fourth-order valence-electron chi connectivity index (χ4n) is 2.43. The molecule has 3 rings (SSSR count). The van der Waals surface area contributed by atoms with E-state index in [1.165, 1.54) is 5.56 Å². The molecule has 3 aromatic rings. The Morgan fingerprint density at radius 3 is 2.53 bits per heavy atom. The van der Waals surface area contributed by atoms with Gasteiger partial charge in [-0.15, -0.1) is 0 Å². The number of ketones is 1. The van der Waals surface area contributed by atoms with Crippen LogP contribution in [0.3, 0.4) is 0 Å². The lowest BCUT2D eigenvalue weighted by Crippen LogP contribution is -1.99. The van der Waals surface area contributed by atoms with Crippen LogP contribution in [0.2, 0.25) is 0 Å². The van der Waals surface area contributed by atoms with E-state index in [0.29, 0.717) is 0 Å². The quantitative estimate of drug-likeness (QED) is 0.634. The molecule has 0 aliphatic carbocycles. The number of hydrogen-bond donors (Lipinski definition) is 0. The van der Waals surface area contributed by atoms with E-state index in [9.17, 15) is 4.79 Å². The van der Waals surface area contributed by atoms with Crippen molar-refractivity contribution in [3.63, 3.8) is 0 Å². The highest BCUT2D eigenvalue weighted by molar-refractivity contribution is 6.16. The molecule has 0 fully saturated rings. The van der Waals surface area contributed by atoms with Gasteiger partial charge in [0.15, 0.2) is 5.78 Å². The van der Waals surface area contributed by atoms with Crippen molar-refractivity contribution in [1.29, 1.82) is 0 Å². The summed E-state index contributed by atoms with van der Waals surface area (Å²) >= 11 is 0. The van der Waals surface area contributed by atoms with Crippen molar-refractivity contribution in [2.24, 2.45) is 7.05 Å². The minimum atomic E-state index is 0.0804. The Morgan fingerprint density at radius 2 is 1.79 bits per heavy atom. The molecule has 0 radical (unpaired) electrons. The number of hydrogen-bond acceptors (Lipinski definition) is 1. The highest BCUT2D eigenvalue weighted by Gasteiger charge is 2.15. The molecule has 0 N–H and O–H groups in total. The third-order valence-electron chi connectivity index (χ3n) is 3.43. The molecule has 2 nitrogen and oxygen atoms in total. The summed E-state index contributed by atoms with van der Waals surface area (Å²) in [6.45, 7) is 2.04. The Labute approximate surface area is 112 Å². The second-order valence-corrected chi connectivity index (χ2v) is 4.87. The number of nitrogens with zero attached hydrogens (tertiary/aromatic N) is 1. The van der Waals surface area contributed by atoms with Crippen molar-refractivity contribution in [3.05, 3.63) is 71.4 Å². The molecule has 0 spiro atoms. The summed E-state index contributed by atoms with van der Waals surface area (Å²) < 4.78 is 2.00. The first-order valence-corrected chi connectivity index (χ1v) is 6.32. The summed E-state index contributed by atoms with van der Waals surface area (Å²) in [5.74, 6) is 0.0804. The van der Waals surface area contributed by atoms with E-state index in [2.05, 4.69) is 18.2 Å². The van der Waals surface area contributed by atoms with E-state index in [4.69, 9.17) is 0 Å². The molecule has 19 heavy (non-hydrogen) atoms. The summed E-state index contributed by atoms with van der Waals surface area (Å²) in [7, 11) is 1.97. The lowest BCUT2D eigenvalue weighted by atomic mass is 10.0. The molecular formula is C17H15NO. The summed E-state index contributed by atoms with van der Waals surface area (Å²) in [5, 5.41) is 1.02. The minimum Gasteiger partial charge on any atom is -0.350 e. The molecule has 1 heterocycles. The van der Waals surface area contributed by atoms with Gasteiger partial charge in [-0.2, -0.15) is 0 Å². The Bertz CT molecular complexity index is 754. The number of benzene rings is 2. The summed E-state index contributed by atoms with van der Waals surface area (Å²) in [6.07, 6.45) is 1.92. The first kappa shape index (κ1) is 11.7. The molecule has 94 valence electrons. The van der Waals surface area contributed by atoms with Gasteiger partial charge in [-0.05, 0) is 19.1 Å². The topological polar surface area (TPSA) is 22.0 Å². The number of aromatic nitrogens is 1. The van der Waals surface area contributed by atoms with Crippen LogP contribution in [0.1, 0.15) is 21.5 Å². The third kappa shape index (κ3) is 1.95. The van der Waals surface area contributed by atoms with Crippen LogP contribution in [0.25, 0.3) is 10.9 Å². The highest BCUT2D eigenvalue weighted by Crippen LogP contribution is 2.24. The maximum absolute atomic E-state index is 12.6. The van der Waals surface area contributed by atoms with Gasteiger partial charge in [0.1, 0.15) is 0 Å². The Hall–Kier alpha value is -2.35. The molecular weight excluding hydrogens is 234 g/mol. The van der Waals surface area contributed by atoms with Crippen LogP contribution in [0.15, 0.2) is 54.7 Å². The predicted molar refractivity (Wildman–Crippen MR) is 77.5 cm³/mol. The van der Waals surface area contributed by atoms with Gasteiger partial charge < -0.3 is 4.57 Å². The van der Waals surface area contributed by atoms with Gasteiger partial charge in [-0.25, -0.2) is 0 Å². The van der Waals surface area contributed by atoms with E-state index in [1.807, 2.05) is 55.1 Å². The lowest BCUT2D eigenvalue weighted by Gasteiger charge is -2.00. The molecule has 1 aromatic heterocycles. The summed E-state index contributed by atoms with van der Waals surface area (Å²) in [5.41, 5.74) is 3.76. The minimum absolute atomic E-state index is 0.0804. The van der Waals surface area contributed by atoms with E-state index >= 15 is 0 Å². The average Bonchev–Trinajstić information content (AvgIpc) is 2.75. The highest BCUT2D eigenvalue weighted by atomic mass is 16.1.